The van der Waals surface area contributed by atoms with Crippen LogP contribution in [-0.4, -0.2) is 17.8 Å². The van der Waals surface area contributed by atoms with E-state index in [2.05, 4.69) is 29.4 Å². The molecule has 0 radical (unpaired) electrons. The van der Waals surface area contributed by atoms with Gasteiger partial charge in [0.05, 0.1) is 12.8 Å². The predicted octanol–water partition coefficient (Wildman–Crippen LogP) is 4.70. The molecule has 3 aromatic rings. The van der Waals surface area contributed by atoms with Crippen LogP contribution in [0, 0.1) is 5.92 Å². The summed E-state index contributed by atoms with van der Waals surface area (Å²) in [7, 11) is 0. The first-order valence-corrected chi connectivity index (χ1v) is 8.08. The standard InChI is InChI=1S/C19H21N3O2/c1-14(2)11-12-23-16-9-7-15(8-10-16)13-20-22-19-21-17-5-3-4-6-18(17)24-19/h3-10,13-14H,11-12H2,1-2H3,(H,21,22)/b20-13+. The Bertz CT molecular complexity index is 774. The second kappa shape index (κ2) is 7.64. The molecule has 1 heterocycles. The summed E-state index contributed by atoms with van der Waals surface area (Å²) in [6.07, 6.45) is 2.77. The van der Waals surface area contributed by atoms with Crippen LogP contribution in [0.3, 0.4) is 0 Å². The summed E-state index contributed by atoms with van der Waals surface area (Å²) in [5, 5.41) is 4.15. The number of hydrogen-bond donors (Lipinski definition) is 1. The van der Waals surface area contributed by atoms with E-state index >= 15 is 0 Å². The Morgan fingerprint density at radius 2 is 1.96 bits per heavy atom. The Hall–Kier alpha value is -2.82. The molecule has 0 atom stereocenters. The van der Waals surface area contributed by atoms with Crippen molar-refractivity contribution in [2.75, 3.05) is 12.0 Å². The molecule has 0 saturated carbocycles. The Morgan fingerprint density at radius 3 is 2.71 bits per heavy atom. The van der Waals surface area contributed by atoms with Crippen molar-refractivity contribution in [3.8, 4) is 5.75 Å². The highest BCUT2D eigenvalue weighted by atomic mass is 16.5. The van der Waals surface area contributed by atoms with Crippen LogP contribution in [0.2, 0.25) is 0 Å². The summed E-state index contributed by atoms with van der Waals surface area (Å²) in [6.45, 7) is 5.12. The van der Waals surface area contributed by atoms with Crippen molar-refractivity contribution in [1.29, 1.82) is 0 Å². The van der Waals surface area contributed by atoms with Gasteiger partial charge in [-0.05, 0) is 54.3 Å². The molecule has 0 aliphatic heterocycles. The fourth-order valence-corrected chi connectivity index (χ4v) is 2.14. The largest absolute Gasteiger partial charge is 0.494 e. The van der Waals surface area contributed by atoms with Crippen molar-refractivity contribution in [3.63, 3.8) is 0 Å². The van der Waals surface area contributed by atoms with Gasteiger partial charge in [0.15, 0.2) is 5.58 Å². The van der Waals surface area contributed by atoms with Gasteiger partial charge in [-0.25, -0.2) is 5.43 Å². The molecule has 0 unspecified atom stereocenters. The minimum Gasteiger partial charge on any atom is -0.494 e. The first kappa shape index (κ1) is 16.1. The van der Waals surface area contributed by atoms with E-state index in [1.165, 1.54) is 0 Å². The highest BCUT2D eigenvalue weighted by molar-refractivity contribution is 5.80. The molecule has 0 spiro atoms. The van der Waals surface area contributed by atoms with Crippen LogP contribution in [0.4, 0.5) is 6.01 Å². The number of hydrogen-bond acceptors (Lipinski definition) is 5. The lowest BCUT2D eigenvalue weighted by Crippen LogP contribution is -2.01. The molecular weight excluding hydrogens is 302 g/mol. The molecule has 1 aromatic heterocycles. The van der Waals surface area contributed by atoms with E-state index in [-0.39, 0.29) is 0 Å². The number of anilines is 1. The van der Waals surface area contributed by atoms with E-state index in [1.54, 1.807) is 6.21 Å². The Balaban J connectivity index is 1.54. The lowest BCUT2D eigenvalue weighted by atomic mass is 10.1. The van der Waals surface area contributed by atoms with E-state index in [0.717, 1.165) is 35.4 Å². The van der Waals surface area contributed by atoms with Gasteiger partial charge in [0, 0.05) is 0 Å². The number of aromatic nitrogens is 1. The predicted molar refractivity (Wildman–Crippen MR) is 96.6 cm³/mol. The average Bonchev–Trinajstić information content (AvgIpc) is 2.99. The molecule has 2 aromatic carbocycles. The maximum Gasteiger partial charge on any atom is 0.316 e. The maximum atomic E-state index is 5.69. The van der Waals surface area contributed by atoms with Gasteiger partial charge < -0.3 is 9.15 Å². The minimum atomic E-state index is 0.376. The lowest BCUT2D eigenvalue weighted by molar-refractivity contribution is 0.289. The molecule has 24 heavy (non-hydrogen) atoms. The first-order chi connectivity index (χ1) is 11.7. The third kappa shape index (κ3) is 4.35. The Labute approximate surface area is 141 Å². The highest BCUT2D eigenvalue weighted by Crippen LogP contribution is 2.18. The van der Waals surface area contributed by atoms with Crippen molar-refractivity contribution in [1.82, 2.24) is 4.98 Å². The van der Waals surface area contributed by atoms with Crippen molar-refractivity contribution >= 4 is 23.3 Å². The van der Waals surface area contributed by atoms with Gasteiger partial charge in [-0.1, -0.05) is 26.0 Å². The molecule has 1 N–H and O–H groups in total. The zero-order valence-electron chi connectivity index (χ0n) is 13.9. The number of ether oxygens (including phenoxy) is 1. The molecule has 5 heteroatoms. The smallest absolute Gasteiger partial charge is 0.316 e. The first-order valence-electron chi connectivity index (χ1n) is 8.08. The number of nitrogens with zero attached hydrogens (tertiary/aromatic N) is 2. The summed E-state index contributed by atoms with van der Waals surface area (Å²) in [5.74, 6) is 1.52. The number of para-hydroxylation sites is 2. The summed E-state index contributed by atoms with van der Waals surface area (Å²) in [6, 6.07) is 15.8. The third-order valence-corrected chi connectivity index (χ3v) is 3.51. The van der Waals surface area contributed by atoms with Crippen LogP contribution in [0.5, 0.6) is 5.75 Å². The third-order valence-electron chi connectivity index (χ3n) is 3.51. The molecular formula is C19H21N3O2. The van der Waals surface area contributed by atoms with Crippen molar-refractivity contribution in [2.24, 2.45) is 11.0 Å². The van der Waals surface area contributed by atoms with E-state index < -0.39 is 0 Å². The van der Waals surface area contributed by atoms with Crippen LogP contribution in [0.15, 0.2) is 58.0 Å². The quantitative estimate of drug-likeness (QED) is 0.506. The summed E-state index contributed by atoms with van der Waals surface area (Å²) in [5.41, 5.74) is 5.31. The number of oxazole rings is 1. The van der Waals surface area contributed by atoms with Crippen molar-refractivity contribution in [3.05, 3.63) is 54.1 Å². The van der Waals surface area contributed by atoms with E-state index in [4.69, 9.17) is 9.15 Å². The van der Waals surface area contributed by atoms with E-state index in [1.807, 2.05) is 48.5 Å². The molecule has 0 aliphatic carbocycles. The van der Waals surface area contributed by atoms with Crippen LogP contribution in [0.25, 0.3) is 11.1 Å². The normalized spacial score (nSPS) is 11.5. The molecule has 3 rings (SSSR count). The molecule has 5 nitrogen and oxygen atoms in total. The van der Waals surface area contributed by atoms with Gasteiger partial charge in [-0.2, -0.15) is 10.1 Å². The average molecular weight is 323 g/mol. The zero-order chi connectivity index (χ0) is 16.8. The number of nitrogens with one attached hydrogen (secondary N) is 1. The van der Waals surface area contributed by atoms with Gasteiger partial charge in [-0.15, -0.1) is 0 Å². The molecule has 0 saturated heterocycles. The summed E-state index contributed by atoms with van der Waals surface area (Å²) >= 11 is 0. The van der Waals surface area contributed by atoms with Gasteiger partial charge in [0.2, 0.25) is 0 Å². The van der Waals surface area contributed by atoms with Gasteiger partial charge in [-0.3, -0.25) is 0 Å². The highest BCUT2D eigenvalue weighted by Gasteiger charge is 2.02. The van der Waals surface area contributed by atoms with Crippen molar-refractivity contribution < 1.29 is 9.15 Å². The minimum absolute atomic E-state index is 0.376. The molecule has 124 valence electrons. The molecule has 0 aliphatic rings. The molecule has 0 fully saturated rings. The zero-order valence-corrected chi connectivity index (χ0v) is 13.9. The SMILES string of the molecule is CC(C)CCOc1ccc(/C=N/Nc2nc3ccccc3o2)cc1. The number of rotatable bonds is 7. The summed E-state index contributed by atoms with van der Waals surface area (Å²) < 4.78 is 11.2. The van der Waals surface area contributed by atoms with Gasteiger partial charge in [0.25, 0.3) is 0 Å². The van der Waals surface area contributed by atoms with Gasteiger partial charge >= 0.3 is 6.01 Å². The number of hydrazone groups is 1. The monoisotopic (exact) mass is 323 g/mol. The van der Waals surface area contributed by atoms with Crippen LogP contribution in [0.1, 0.15) is 25.8 Å². The van der Waals surface area contributed by atoms with Crippen molar-refractivity contribution in [2.45, 2.75) is 20.3 Å². The Kier molecular flexibility index (Phi) is 5.11. The maximum absolute atomic E-state index is 5.69. The van der Waals surface area contributed by atoms with E-state index in [0.29, 0.717) is 11.9 Å². The number of fused-ring (bicyclic) bond motifs is 1. The van der Waals surface area contributed by atoms with Crippen LogP contribution >= 0.6 is 0 Å². The number of benzene rings is 2. The van der Waals surface area contributed by atoms with Crippen LogP contribution in [-0.2, 0) is 0 Å². The summed E-state index contributed by atoms with van der Waals surface area (Å²) in [4.78, 5) is 4.29. The molecule has 0 amide bonds. The second-order valence-corrected chi connectivity index (χ2v) is 5.96. The van der Waals surface area contributed by atoms with Gasteiger partial charge in [0.1, 0.15) is 11.3 Å². The fourth-order valence-electron chi connectivity index (χ4n) is 2.14. The second-order valence-electron chi connectivity index (χ2n) is 5.96. The van der Waals surface area contributed by atoms with E-state index in [9.17, 15) is 0 Å². The Morgan fingerprint density at radius 1 is 1.17 bits per heavy atom. The topological polar surface area (TPSA) is 59.6 Å². The molecule has 0 bridgehead atoms. The fraction of sp³-hybridized carbons (Fsp3) is 0.263. The lowest BCUT2D eigenvalue weighted by Gasteiger charge is -2.07. The van der Waals surface area contributed by atoms with Crippen LogP contribution < -0.4 is 10.2 Å².